The maximum absolute atomic E-state index is 4.89. The van der Waals surface area contributed by atoms with Gasteiger partial charge in [-0.25, -0.2) is 9.97 Å². The Bertz CT molecular complexity index is 878. The van der Waals surface area contributed by atoms with E-state index in [1.54, 1.807) is 6.20 Å². The zero-order valence-corrected chi connectivity index (χ0v) is 16.1. The van der Waals surface area contributed by atoms with Crippen LogP contribution in [0, 0.1) is 5.92 Å². The summed E-state index contributed by atoms with van der Waals surface area (Å²) in [4.78, 5) is 13.9. The van der Waals surface area contributed by atoms with Crippen LogP contribution in [0.15, 0.2) is 48.8 Å². The number of rotatable bonds is 6. The molecule has 0 amide bonds. The molecule has 1 fully saturated rings. The van der Waals surface area contributed by atoms with Gasteiger partial charge in [-0.05, 0) is 43.0 Å². The molecule has 1 aliphatic rings. The normalized spacial score (nSPS) is 19.9. The first-order valence-electron chi connectivity index (χ1n) is 10.3. The second-order valence-corrected chi connectivity index (χ2v) is 7.67. The van der Waals surface area contributed by atoms with Crippen molar-refractivity contribution in [3.63, 3.8) is 0 Å². The summed E-state index contributed by atoms with van der Waals surface area (Å²) in [6.07, 6.45) is 12.8. The summed E-state index contributed by atoms with van der Waals surface area (Å²) in [5.41, 5.74) is 1.93. The van der Waals surface area contributed by atoms with Crippen LogP contribution in [0.2, 0.25) is 0 Å². The molecule has 0 bridgehead atoms. The van der Waals surface area contributed by atoms with Crippen LogP contribution in [0.5, 0.6) is 0 Å². The SMILES string of the molecule is CCCCC1CCCC(Nc2nc(-c3cccnc3)nc3ccccc23)C1. The summed E-state index contributed by atoms with van der Waals surface area (Å²) >= 11 is 0. The number of fused-ring (bicyclic) bond motifs is 1. The monoisotopic (exact) mass is 360 g/mol. The molecule has 2 unspecified atom stereocenters. The molecule has 1 aliphatic carbocycles. The van der Waals surface area contributed by atoms with Gasteiger partial charge in [0.2, 0.25) is 0 Å². The molecular formula is C23H28N4. The zero-order chi connectivity index (χ0) is 18.5. The van der Waals surface area contributed by atoms with Gasteiger partial charge < -0.3 is 5.32 Å². The minimum absolute atomic E-state index is 0.501. The van der Waals surface area contributed by atoms with Crippen LogP contribution in [0.4, 0.5) is 5.82 Å². The highest BCUT2D eigenvalue weighted by Crippen LogP contribution is 2.32. The standard InChI is InChI=1S/C23H28N4/c1-2-3-8-17-9-6-11-19(15-17)25-23-20-12-4-5-13-21(20)26-22(27-23)18-10-7-14-24-16-18/h4-5,7,10,12-14,16-17,19H,2-3,6,8-9,11,15H2,1H3,(H,25,26,27). The van der Waals surface area contributed by atoms with Crippen LogP contribution in [0.1, 0.15) is 51.9 Å². The van der Waals surface area contributed by atoms with Gasteiger partial charge in [0.05, 0.1) is 5.52 Å². The van der Waals surface area contributed by atoms with E-state index in [1.165, 1.54) is 44.9 Å². The Morgan fingerprint density at radius 3 is 2.85 bits per heavy atom. The lowest BCUT2D eigenvalue weighted by atomic mass is 9.83. The van der Waals surface area contributed by atoms with Gasteiger partial charge in [-0.1, -0.05) is 51.2 Å². The summed E-state index contributed by atoms with van der Waals surface area (Å²) in [6.45, 7) is 2.28. The molecular weight excluding hydrogens is 332 g/mol. The lowest BCUT2D eigenvalue weighted by Gasteiger charge is -2.30. The minimum Gasteiger partial charge on any atom is -0.367 e. The topological polar surface area (TPSA) is 50.7 Å². The molecule has 2 aromatic heterocycles. The zero-order valence-electron chi connectivity index (χ0n) is 16.1. The van der Waals surface area contributed by atoms with Crippen molar-refractivity contribution in [1.29, 1.82) is 0 Å². The number of nitrogens with zero attached hydrogens (tertiary/aromatic N) is 3. The first kappa shape index (κ1) is 17.9. The van der Waals surface area contributed by atoms with Crippen molar-refractivity contribution in [1.82, 2.24) is 15.0 Å². The van der Waals surface area contributed by atoms with Gasteiger partial charge >= 0.3 is 0 Å². The van der Waals surface area contributed by atoms with Crippen LogP contribution in [-0.2, 0) is 0 Å². The third-order valence-electron chi connectivity index (χ3n) is 5.61. The molecule has 4 rings (SSSR count). The first-order chi connectivity index (χ1) is 13.3. The van der Waals surface area contributed by atoms with Gasteiger partial charge in [0.25, 0.3) is 0 Å². The van der Waals surface area contributed by atoms with Gasteiger partial charge in [-0.15, -0.1) is 0 Å². The van der Waals surface area contributed by atoms with E-state index >= 15 is 0 Å². The van der Waals surface area contributed by atoms with Crippen LogP contribution < -0.4 is 5.32 Å². The highest BCUT2D eigenvalue weighted by atomic mass is 15.1. The number of aromatic nitrogens is 3. The van der Waals surface area contributed by atoms with E-state index in [-0.39, 0.29) is 0 Å². The molecule has 1 aromatic carbocycles. The quantitative estimate of drug-likeness (QED) is 0.599. The highest BCUT2D eigenvalue weighted by Gasteiger charge is 2.22. The van der Waals surface area contributed by atoms with Crippen LogP contribution in [-0.4, -0.2) is 21.0 Å². The van der Waals surface area contributed by atoms with E-state index in [2.05, 4.69) is 35.4 Å². The Kier molecular flexibility index (Phi) is 5.61. The van der Waals surface area contributed by atoms with Crippen molar-refractivity contribution in [2.24, 2.45) is 5.92 Å². The van der Waals surface area contributed by atoms with Crippen LogP contribution in [0.3, 0.4) is 0 Å². The largest absolute Gasteiger partial charge is 0.367 e. The van der Waals surface area contributed by atoms with Gasteiger partial charge in [-0.3, -0.25) is 4.98 Å². The van der Waals surface area contributed by atoms with Crippen molar-refractivity contribution in [3.8, 4) is 11.4 Å². The molecule has 2 atom stereocenters. The van der Waals surface area contributed by atoms with Gasteiger partial charge in [-0.2, -0.15) is 0 Å². The maximum atomic E-state index is 4.89. The smallest absolute Gasteiger partial charge is 0.163 e. The Morgan fingerprint density at radius 2 is 2.00 bits per heavy atom. The lowest BCUT2D eigenvalue weighted by Crippen LogP contribution is -2.28. The summed E-state index contributed by atoms with van der Waals surface area (Å²) in [7, 11) is 0. The molecule has 3 aromatic rings. The Hall–Kier alpha value is -2.49. The van der Waals surface area contributed by atoms with Gasteiger partial charge in [0, 0.05) is 29.4 Å². The van der Waals surface area contributed by atoms with E-state index < -0.39 is 0 Å². The maximum Gasteiger partial charge on any atom is 0.163 e. The Labute approximate surface area is 161 Å². The van der Waals surface area contributed by atoms with Crippen LogP contribution >= 0.6 is 0 Å². The summed E-state index contributed by atoms with van der Waals surface area (Å²) in [5, 5.41) is 4.87. The fourth-order valence-corrected chi connectivity index (χ4v) is 4.18. The number of unbranched alkanes of at least 4 members (excludes halogenated alkanes) is 1. The molecule has 4 nitrogen and oxygen atoms in total. The molecule has 4 heteroatoms. The molecule has 140 valence electrons. The minimum atomic E-state index is 0.501. The Morgan fingerprint density at radius 1 is 1.07 bits per heavy atom. The second kappa shape index (κ2) is 8.47. The molecule has 2 heterocycles. The lowest BCUT2D eigenvalue weighted by molar-refractivity contribution is 0.311. The molecule has 27 heavy (non-hydrogen) atoms. The van der Waals surface area contributed by atoms with Gasteiger partial charge in [0.15, 0.2) is 5.82 Å². The van der Waals surface area contributed by atoms with Crippen molar-refractivity contribution < 1.29 is 0 Å². The third kappa shape index (κ3) is 4.26. The summed E-state index contributed by atoms with van der Waals surface area (Å²) in [6, 6.07) is 12.7. The average Bonchev–Trinajstić information content (AvgIpc) is 2.73. The number of benzene rings is 1. The van der Waals surface area contributed by atoms with E-state index in [0.717, 1.165) is 34.0 Å². The van der Waals surface area contributed by atoms with Crippen LogP contribution in [0.25, 0.3) is 22.3 Å². The number of hydrogen-bond donors (Lipinski definition) is 1. The molecule has 0 spiro atoms. The van der Waals surface area contributed by atoms with E-state index in [9.17, 15) is 0 Å². The predicted molar refractivity (Wildman–Crippen MR) is 112 cm³/mol. The van der Waals surface area contributed by atoms with Crippen molar-refractivity contribution in [2.45, 2.75) is 57.9 Å². The Balaban J connectivity index is 1.62. The number of para-hydroxylation sites is 1. The summed E-state index contributed by atoms with van der Waals surface area (Å²) in [5.74, 6) is 2.55. The molecule has 0 aliphatic heterocycles. The first-order valence-corrected chi connectivity index (χ1v) is 10.3. The van der Waals surface area contributed by atoms with E-state index in [4.69, 9.17) is 9.97 Å². The van der Waals surface area contributed by atoms with Crippen molar-refractivity contribution in [3.05, 3.63) is 48.8 Å². The van der Waals surface area contributed by atoms with Crippen molar-refractivity contribution >= 4 is 16.7 Å². The number of pyridine rings is 1. The predicted octanol–water partition coefficient (Wildman–Crippen LogP) is 5.85. The number of nitrogens with one attached hydrogen (secondary N) is 1. The molecule has 0 saturated heterocycles. The number of anilines is 1. The van der Waals surface area contributed by atoms with E-state index in [1.807, 2.05) is 24.4 Å². The van der Waals surface area contributed by atoms with Crippen molar-refractivity contribution in [2.75, 3.05) is 5.32 Å². The fraction of sp³-hybridized carbons (Fsp3) is 0.435. The fourth-order valence-electron chi connectivity index (χ4n) is 4.18. The van der Waals surface area contributed by atoms with Gasteiger partial charge in [0.1, 0.15) is 5.82 Å². The van der Waals surface area contributed by atoms with E-state index in [0.29, 0.717) is 6.04 Å². The summed E-state index contributed by atoms with van der Waals surface area (Å²) < 4.78 is 0. The molecule has 1 saturated carbocycles. The molecule has 1 N–H and O–H groups in total. The second-order valence-electron chi connectivity index (χ2n) is 7.67. The molecule has 0 radical (unpaired) electrons. The average molecular weight is 361 g/mol. The highest BCUT2D eigenvalue weighted by molar-refractivity contribution is 5.90. The third-order valence-corrected chi connectivity index (χ3v) is 5.61. The number of hydrogen-bond acceptors (Lipinski definition) is 4.